The number of rotatable bonds is 11. The topological polar surface area (TPSA) is 64.6 Å². The summed E-state index contributed by atoms with van der Waals surface area (Å²) in [6.45, 7) is 6.25. The van der Waals surface area contributed by atoms with Gasteiger partial charge < -0.3 is 0 Å². The zero-order valence-electron chi connectivity index (χ0n) is 20.8. The molecule has 0 aliphatic rings. The van der Waals surface area contributed by atoms with Gasteiger partial charge in [-0.25, -0.2) is 0 Å². The maximum absolute atomic E-state index is 12.4. The fourth-order valence-electron chi connectivity index (χ4n) is 4.09. The van der Waals surface area contributed by atoms with Gasteiger partial charge in [0.25, 0.3) is 0 Å². The van der Waals surface area contributed by atoms with E-state index in [1.165, 1.54) is 15.9 Å². The third kappa shape index (κ3) is 6.70. The SMILES string of the molecule is CCC(C)(C)C(=O)OCCNC(=O)OCC[PH](c1ccccc1)(c1ccccc1)c1ccccc1. The Morgan fingerprint density at radius 1 is 0.743 bits per heavy atom. The molecule has 0 spiro atoms. The molecule has 5 nitrogen and oxygen atoms in total. The molecule has 0 bridgehead atoms. The summed E-state index contributed by atoms with van der Waals surface area (Å²) in [6, 6.07) is 31.6. The zero-order chi connectivity index (χ0) is 25.2. The Morgan fingerprint density at radius 3 is 1.63 bits per heavy atom. The number of hydrogen-bond acceptors (Lipinski definition) is 4. The number of hydrogen-bond donors (Lipinski definition) is 1. The van der Waals surface area contributed by atoms with Gasteiger partial charge in [0.15, 0.2) is 0 Å². The van der Waals surface area contributed by atoms with E-state index in [0.717, 1.165) is 0 Å². The molecule has 0 heterocycles. The molecule has 0 fully saturated rings. The van der Waals surface area contributed by atoms with E-state index < -0.39 is 18.8 Å². The monoisotopic (exact) mass is 493 g/mol. The number of nitrogens with one attached hydrogen (secondary N) is 1. The van der Waals surface area contributed by atoms with E-state index in [1.54, 1.807) is 0 Å². The Balaban J connectivity index is 1.70. The van der Waals surface area contributed by atoms with Gasteiger partial charge in [-0.3, -0.25) is 0 Å². The molecule has 3 rings (SSSR count). The standard InChI is InChI=1S/C29H36NO4P/c1-4-29(2,3)27(31)33-21-20-30-28(32)34-22-23-35(24-14-8-5-9-15-24,25-16-10-6-11-17-25)26-18-12-7-13-19-26/h5-19,35H,4,20-23H2,1-3H3,(H,30,32). The molecule has 6 heteroatoms. The van der Waals surface area contributed by atoms with Gasteiger partial charge in [0, 0.05) is 0 Å². The van der Waals surface area contributed by atoms with Crippen molar-refractivity contribution in [3.8, 4) is 0 Å². The molecule has 1 N–H and O–H groups in total. The molecule has 0 aliphatic carbocycles. The predicted molar refractivity (Wildman–Crippen MR) is 146 cm³/mol. The minimum atomic E-state index is -2.44. The zero-order valence-corrected chi connectivity index (χ0v) is 21.8. The minimum absolute atomic E-state index is 0.119. The van der Waals surface area contributed by atoms with Gasteiger partial charge in [-0.1, -0.05) is 0 Å². The third-order valence-electron chi connectivity index (χ3n) is 6.55. The van der Waals surface area contributed by atoms with Gasteiger partial charge in [0.05, 0.1) is 0 Å². The van der Waals surface area contributed by atoms with Gasteiger partial charge in [0.2, 0.25) is 0 Å². The van der Waals surface area contributed by atoms with Crippen molar-refractivity contribution in [1.82, 2.24) is 5.32 Å². The summed E-state index contributed by atoms with van der Waals surface area (Å²) in [4.78, 5) is 24.4. The Hall–Kier alpha value is -3.17. The van der Waals surface area contributed by atoms with Crippen molar-refractivity contribution in [3.63, 3.8) is 0 Å². The third-order valence-corrected chi connectivity index (χ3v) is 11.5. The van der Waals surface area contributed by atoms with E-state index in [0.29, 0.717) is 12.6 Å². The Labute approximate surface area is 209 Å². The number of carbonyl (C=O) groups is 2. The number of amides is 1. The van der Waals surface area contributed by atoms with Crippen LogP contribution < -0.4 is 21.2 Å². The second kappa shape index (κ2) is 12.5. The van der Waals surface area contributed by atoms with Gasteiger partial charge in [-0.2, -0.15) is 0 Å². The van der Waals surface area contributed by atoms with Gasteiger partial charge in [-0.15, -0.1) is 0 Å². The van der Waals surface area contributed by atoms with E-state index in [2.05, 4.69) is 78.1 Å². The second-order valence-electron chi connectivity index (χ2n) is 9.19. The van der Waals surface area contributed by atoms with Crippen molar-refractivity contribution in [2.45, 2.75) is 27.2 Å². The summed E-state index contributed by atoms with van der Waals surface area (Å²) in [5.41, 5.74) is -0.527. The van der Waals surface area contributed by atoms with E-state index in [4.69, 9.17) is 9.47 Å². The quantitative estimate of drug-likeness (QED) is 0.244. The van der Waals surface area contributed by atoms with Crippen LogP contribution in [0.3, 0.4) is 0 Å². The number of carbonyl (C=O) groups excluding carboxylic acids is 2. The van der Waals surface area contributed by atoms with Crippen molar-refractivity contribution >= 4 is 35.2 Å². The van der Waals surface area contributed by atoms with Crippen LogP contribution in [0.1, 0.15) is 27.2 Å². The molecule has 1 amide bonds. The molecule has 0 saturated carbocycles. The molecule has 0 unspecified atom stereocenters. The first-order chi connectivity index (χ1) is 16.9. The van der Waals surface area contributed by atoms with Gasteiger partial charge in [-0.05, 0) is 0 Å². The summed E-state index contributed by atoms with van der Waals surface area (Å²) < 4.78 is 10.9. The van der Waals surface area contributed by atoms with Crippen LogP contribution >= 0.6 is 7.26 Å². The number of ether oxygens (including phenoxy) is 2. The first kappa shape index (κ1) is 26.4. The maximum atomic E-state index is 12.4. The summed E-state index contributed by atoms with van der Waals surface area (Å²) in [6.07, 6.45) is 0.892. The van der Waals surface area contributed by atoms with E-state index in [9.17, 15) is 9.59 Å². The van der Waals surface area contributed by atoms with Crippen LogP contribution in [-0.4, -0.2) is 38.0 Å². The Kier molecular flexibility index (Phi) is 9.45. The summed E-state index contributed by atoms with van der Waals surface area (Å²) in [7, 11) is -2.44. The molecule has 186 valence electrons. The van der Waals surface area contributed by atoms with Crippen molar-refractivity contribution in [3.05, 3.63) is 91.0 Å². The van der Waals surface area contributed by atoms with Crippen LogP contribution in [0.5, 0.6) is 0 Å². The normalized spacial score (nSPS) is 12.0. The van der Waals surface area contributed by atoms with Crippen molar-refractivity contribution in [2.75, 3.05) is 25.9 Å². The van der Waals surface area contributed by atoms with E-state index in [-0.39, 0.29) is 25.7 Å². The van der Waals surface area contributed by atoms with Crippen LogP contribution in [-0.2, 0) is 14.3 Å². The fourth-order valence-corrected chi connectivity index (χ4v) is 8.64. The summed E-state index contributed by atoms with van der Waals surface area (Å²) >= 11 is 0. The first-order valence-electron chi connectivity index (χ1n) is 12.1. The van der Waals surface area contributed by atoms with Gasteiger partial charge in [0.1, 0.15) is 0 Å². The Morgan fingerprint density at radius 2 is 1.20 bits per heavy atom. The molecule has 0 radical (unpaired) electrons. The molecule has 0 aliphatic heterocycles. The van der Waals surface area contributed by atoms with Crippen LogP contribution in [0.4, 0.5) is 4.79 Å². The molecule has 0 saturated heterocycles. The van der Waals surface area contributed by atoms with Crippen LogP contribution in [0.15, 0.2) is 91.0 Å². The van der Waals surface area contributed by atoms with Crippen molar-refractivity contribution in [2.24, 2.45) is 5.41 Å². The molecular formula is C29H36NO4P. The van der Waals surface area contributed by atoms with Crippen LogP contribution in [0, 0.1) is 5.41 Å². The fraction of sp³-hybridized carbons (Fsp3) is 0.310. The van der Waals surface area contributed by atoms with Crippen molar-refractivity contribution in [1.29, 1.82) is 0 Å². The molecular weight excluding hydrogens is 457 g/mol. The first-order valence-corrected chi connectivity index (χ1v) is 14.4. The predicted octanol–water partition coefficient (Wildman–Crippen LogP) is 4.42. The van der Waals surface area contributed by atoms with E-state index in [1.807, 2.05) is 39.0 Å². The number of alkyl carbamates (subject to hydrolysis) is 1. The van der Waals surface area contributed by atoms with Crippen LogP contribution in [0.25, 0.3) is 0 Å². The number of esters is 1. The molecule has 3 aromatic rings. The second-order valence-corrected chi connectivity index (χ2v) is 13.2. The average molecular weight is 494 g/mol. The molecule has 35 heavy (non-hydrogen) atoms. The van der Waals surface area contributed by atoms with Crippen molar-refractivity contribution < 1.29 is 19.1 Å². The molecule has 3 aromatic carbocycles. The average Bonchev–Trinajstić information content (AvgIpc) is 2.90. The van der Waals surface area contributed by atoms with Crippen LogP contribution in [0.2, 0.25) is 0 Å². The number of benzene rings is 3. The summed E-state index contributed by atoms with van der Waals surface area (Å²) in [5.74, 6) is -0.264. The summed E-state index contributed by atoms with van der Waals surface area (Å²) in [5, 5.41) is 6.50. The van der Waals surface area contributed by atoms with Gasteiger partial charge >= 0.3 is 209 Å². The Bertz CT molecular complexity index is 975. The van der Waals surface area contributed by atoms with E-state index >= 15 is 0 Å². The molecule has 0 atom stereocenters. The molecule has 0 aromatic heterocycles.